The van der Waals surface area contributed by atoms with E-state index in [-0.39, 0.29) is 5.91 Å². The third-order valence-electron chi connectivity index (χ3n) is 6.10. The number of anilines is 2. The van der Waals surface area contributed by atoms with E-state index >= 15 is 0 Å². The molecule has 0 saturated carbocycles. The number of halogens is 2. The average Bonchev–Trinajstić information content (AvgIpc) is 3.44. The molecule has 3 aromatic heterocycles. The second-order valence-electron chi connectivity index (χ2n) is 8.89. The van der Waals surface area contributed by atoms with Crippen molar-refractivity contribution < 1.29 is 13.6 Å². The summed E-state index contributed by atoms with van der Waals surface area (Å²) >= 11 is 1.61. The number of aromatic nitrogens is 3. The molecular weight excluding hydrogens is 530 g/mol. The van der Waals surface area contributed by atoms with Crippen LogP contribution in [0, 0.1) is 18.6 Å². The van der Waals surface area contributed by atoms with Crippen molar-refractivity contribution >= 4 is 39.8 Å². The van der Waals surface area contributed by atoms with Gasteiger partial charge < -0.3 is 16.4 Å². The SMILES string of the molecule is CC.Cc1cnc(NCc2ccc(-c3ccc4ncnc(N)c4c3)s2)c(C(=O)NC(C)c2ccc(F)c(F)c2)c1. The first-order valence-electron chi connectivity index (χ1n) is 12.8. The minimum absolute atomic E-state index is 0.362. The molecule has 1 unspecified atom stereocenters. The molecule has 7 nitrogen and oxygen atoms in total. The summed E-state index contributed by atoms with van der Waals surface area (Å²) in [5.74, 6) is -1.40. The van der Waals surface area contributed by atoms with E-state index in [0.29, 0.717) is 29.3 Å². The van der Waals surface area contributed by atoms with Crippen LogP contribution in [-0.2, 0) is 6.54 Å². The zero-order valence-electron chi connectivity index (χ0n) is 22.6. The number of fused-ring (bicyclic) bond motifs is 1. The molecule has 0 aliphatic carbocycles. The molecular formula is C30H30F2N6OS. The molecule has 0 aliphatic heterocycles. The van der Waals surface area contributed by atoms with E-state index in [1.165, 1.54) is 12.4 Å². The Hall–Kier alpha value is -4.44. The molecule has 2 aromatic carbocycles. The van der Waals surface area contributed by atoms with Crippen LogP contribution in [0.4, 0.5) is 20.4 Å². The van der Waals surface area contributed by atoms with Gasteiger partial charge >= 0.3 is 0 Å². The highest BCUT2D eigenvalue weighted by Crippen LogP contribution is 2.31. The summed E-state index contributed by atoms with van der Waals surface area (Å²) in [6.45, 7) is 8.01. The van der Waals surface area contributed by atoms with Gasteiger partial charge in [-0.2, -0.15) is 0 Å². The number of carbonyl (C=O) groups is 1. The van der Waals surface area contributed by atoms with Crippen LogP contribution in [0.1, 0.15) is 53.2 Å². The summed E-state index contributed by atoms with van der Waals surface area (Å²) in [5.41, 5.74) is 9.45. The maximum absolute atomic E-state index is 13.7. The van der Waals surface area contributed by atoms with Crippen molar-refractivity contribution in [3.63, 3.8) is 0 Å². The lowest BCUT2D eigenvalue weighted by molar-refractivity contribution is 0.0940. The molecule has 4 N–H and O–H groups in total. The van der Waals surface area contributed by atoms with Crippen LogP contribution in [-0.4, -0.2) is 20.9 Å². The minimum Gasteiger partial charge on any atom is -0.383 e. The molecule has 0 radical (unpaired) electrons. The number of benzene rings is 2. The molecule has 1 atom stereocenters. The Morgan fingerprint density at radius 3 is 2.58 bits per heavy atom. The summed E-state index contributed by atoms with van der Waals surface area (Å²) in [6.07, 6.45) is 3.13. The van der Waals surface area contributed by atoms with Crippen molar-refractivity contribution in [3.05, 3.63) is 100 Å². The highest BCUT2D eigenvalue weighted by Gasteiger charge is 2.18. The number of nitrogens with two attached hydrogens (primary N) is 1. The largest absolute Gasteiger partial charge is 0.383 e. The first kappa shape index (κ1) is 28.6. The zero-order valence-corrected chi connectivity index (χ0v) is 23.4. The van der Waals surface area contributed by atoms with Crippen LogP contribution in [0.15, 0.2) is 67.1 Å². The van der Waals surface area contributed by atoms with Crippen LogP contribution in [0.5, 0.6) is 0 Å². The topological polar surface area (TPSA) is 106 Å². The highest BCUT2D eigenvalue weighted by molar-refractivity contribution is 7.15. The van der Waals surface area contributed by atoms with Crippen molar-refractivity contribution in [2.75, 3.05) is 11.1 Å². The molecule has 40 heavy (non-hydrogen) atoms. The van der Waals surface area contributed by atoms with E-state index in [1.807, 2.05) is 51.1 Å². The number of thiophene rings is 1. The lowest BCUT2D eigenvalue weighted by Crippen LogP contribution is -2.28. The Morgan fingerprint density at radius 2 is 1.80 bits per heavy atom. The van der Waals surface area contributed by atoms with E-state index in [0.717, 1.165) is 43.9 Å². The molecule has 1 amide bonds. The van der Waals surface area contributed by atoms with E-state index in [4.69, 9.17) is 5.73 Å². The van der Waals surface area contributed by atoms with Gasteiger partial charge in [-0.15, -0.1) is 11.3 Å². The molecule has 206 valence electrons. The predicted molar refractivity (Wildman–Crippen MR) is 157 cm³/mol. The fourth-order valence-electron chi connectivity index (χ4n) is 4.05. The molecule has 3 heterocycles. The second kappa shape index (κ2) is 12.6. The lowest BCUT2D eigenvalue weighted by Gasteiger charge is -2.17. The predicted octanol–water partition coefficient (Wildman–Crippen LogP) is 7.05. The lowest BCUT2D eigenvalue weighted by atomic mass is 10.1. The number of hydrogen-bond donors (Lipinski definition) is 3. The maximum Gasteiger partial charge on any atom is 0.255 e. The molecule has 0 fully saturated rings. The molecule has 10 heteroatoms. The van der Waals surface area contributed by atoms with Crippen molar-refractivity contribution in [1.29, 1.82) is 0 Å². The number of aryl methyl sites for hydroxylation is 1. The third-order valence-corrected chi connectivity index (χ3v) is 7.24. The standard InChI is InChI=1S/C28H24F2N6OS.C2H6/c1-15-9-21(28(37)36-16(2)17-3-6-22(29)23(30)11-17)27(32-12-15)33-13-19-5-8-25(38-19)18-4-7-24-20(10-18)26(31)35-14-34-24;1-2/h3-12,14,16H,13H2,1-2H3,(H,32,33)(H,36,37)(H2,31,34,35);1-2H3. The Balaban J connectivity index is 0.00000181. The van der Waals surface area contributed by atoms with Crippen LogP contribution in [0.3, 0.4) is 0 Å². The number of nitrogen functional groups attached to an aromatic ring is 1. The third kappa shape index (κ3) is 6.40. The molecule has 0 aliphatic rings. The second-order valence-corrected chi connectivity index (χ2v) is 10.1. The Bertz CT molecular complexity index is 1660. The van der Waals surface area contributed by atoms with Gasteiger partial charge in [0.05, 0.1) is 23.7 Å². The van der Waals surface area contributed by atoms with Crippen LogP contribution < -0.4 is 16.4 Å². The van der Waals surface area contributed by atoms with Crippen molar-refractivity contribution in [1.82, 2.24) is 20.3 Å². The van der Waals surface area contributed by atoms with Crippen molar-refractivity contribution in [2.24, 2.45) is 0 Å². The molecule has 0 bridgehead atoms. The number of rotatable bonds is 7. The fraction of sp³-hybridized carbons (Fsp3) is 0.200. The Morgan fingerprint density at radius 1 is 1.00 bits per heavy atom. The minimum atomic E-state index is -0.959. The zero-order chi connectivity index (χ0) is 28.8. The van der Waals surface area contributed by atoms with Gasteiger partial charge in [-0.05, 0) is 73.0 Å². The van der Waals surface area contributed by atoms with Gasteiger partial charge in [0.1, 0.15) is 18.0 Å². The first-order chi connectivity index (χ1) is 19.3. The Labute approximate surface area is 235 Å². The van der Waals surface area contributed by atoms with Gasteiger partial charge in [-0.1, -0.05) is 26.0 Å². The summed E-state index contributed by atoms with van der Waals surface area (Å²) in [6, 6.07) is 14.7. The fourth-order valence-corrected chi connectivity index (χ4v) is 5.00. The molecule has 5 rings (SSSR count). The highest BCUT2D eigenvalue weighted by atomic mass is 32.1. The summed E-state index contributed by atoms with van der Waals surface area (Å²) in [4.78, 5) is 28.0. The summed E-state index contributed by atoms with van der Waals surface area (Å²) in [5, 5.41) is 6.90. The number of nitrogens with one attached hydrogen (secondary N) is 2. The van der Waals surface area contributed by atoms with Crippen LogP contribution in [0.2, 0.25) is 0 Å². The van der Waals surface area contributed by atoms with Crippen LogP contribution in [0.25, 0.3) is 21.3 Å². The maximum atomic E-state index is 13.7. The first-order valence-corrected chi connectivity index (χ1v) is 13.7. The molecule has 0 saturated heterocycles. The van der Waals surface area contributed by atoms with E-state index < -0.39 is 17.7 Å². The Kier molecular flexibility index (Phi) is 9.00. The van der Waals surface area contributed by atoms with Gasteiger partial charge in [0.15, 0.2) is 11.6 Å². The smallest absolute Gasteiger partial charge is 0.255 e. The molecule has 5 aromatic rings. The van der Waals surface area contributed by atoms with Crippen molar-refractivity contribution in [3.8, 4) is 10.4 Å². The van der Waals surface area contributed by atoms with E-state index in [2.05, 4.69) is 25.6 Å². The van der Waals surface area contributed by atoms with Gasteiger partial charge in [-0.3, -0.25) is 4.79 Å². The average molecular weight is 561 g/mol. The monoisotopic (exact) mass is 560 g/mol. The number of nitrogens with zero attached hydrogens (tertiary/aromatic N) is 3. The van der Waals surface area contributed by atoms with Crippen molar-refractivity contribution in [2.45, 2.75) is 40.3 Å². The van der Waals surface area contributed by atoms with E-state index in [1.54, 1.807) is 30.5 Å². The summed E-state index contributed by atoms with van der Waals surface area (Å²) < 4.78 is 27.0. The van der Waals surface area contributed by atoms with E-state index in [9.17, 15) is 13.6 Å². The number of pyridine rings is 1. The quantitative estimate of drug-likeness (QED) is 0.197. The van der Waals surface area contributed by atoms with Gasteiger partial charge in [-0.25, -0.2) is 23.7 Å². The van der Waals surface area contributed by atoms with Gasteiger partial charge in [0, 0.05) is 21.3 Å². The number of hydrogen-bond acceptors (Lipinski definition) is 7. The number of carbonyl (C=O) groups excluding carboxylic acids is 1. The molecule has 0 spiro atoms. The van der Waals surface area contributed by atoms with Gasteiger partial charge in [0.2, 0.25) is 0 Å². The normalized spacial score (nSPS) is 11.4. The van der Waals surface area contributed by atoms with Gasteiger partial charge in [0.25, 0.3) is 5.91 Å². The number of amides is 1. The van der Waals surface area contributed by atoms with Crippen LogP contribution >= 0.6 is 11.3 Å². The summed E-state index contributed by atoms with van der Waals surface area (Å²) in [7, 11) is 0.